The molecule has 1 aromatic carbocycles. The van der Waals surface area contributed by atoms with E-state index in [9.17, 15) is 18.0 Å². The molecular weight excluding hydrogens is 339 g/mol. The van der Waals surface area contributed by atoms with Crippen molar-refractivity contribution in [3.63, 3.8) is 0 Å². The summed E-state index contributed by atoms with van der Waals surface area (Å²) in [5.41, 5.74) is -0.862. The number of carbonyl (C=O) groups excluding carboxylic acids is 1. The molecule has 0 aliphatic heterocycles. The summed E-state index contributed by atoms with van der Waals surface area (Å²) in [7, 11) is 0. The Hall–Kier alpha value is -3.50. The van der Waals surface area contributed by atoms with Crippen LogP contribution in [0.15, 0.2) is 49.3 Å². The number of benzene rings is 1. The van der Waals surface area contributed by atoms with Crippen LogP contribution in [-0.2, 0) is 6.18 Å². The maximum absolute atomic E-state index is 12.7. The standard InChI is InChI=1S/C14H10F3N7O/c15-14(16,17)9-2-1-3-10(4-9)22-13(25)23-11-5-12(20-7-19-11)24-8-18-6-21-24/h1-8H,(H2,19,20,22,23,25). The van der Waals surface area contributed by atoms with Crippen LogP contribution in [0.1, 0.15) is 5.56 Å². The Morgan fingerprint density at radius 1 is 1.08 bits per heavy atom. The molecular formula is C14H10F3N7O. The molecule has 3 aromatic rings. The average Bonchev–Trinajstić information content (AvgIpc) is 3.09. The van der Waals surface area contributed by atoms with Crippen LogP contribution < -0.4 is 10.6 Å². The van der Waals surface area contributed by atoms with E-state index in [2.05, 4.69) is 30.7 Å². The van der Waals surface area contributed by atoms with E-state index in [1.807, 2.05) is 0 Å². The molecule has 2 N–H and O–H groups in total. The monoisotopic (exact) mass is 349 g/mol. The molecule has 0 saturated heterocycles. The highest BCUT2D eigenvalue weighted by molar-refractivity contribution is 5.99. The Bertz CT molecular complexity index is 880. The van der Waals surface area contributed by atoms with Gasteiger partial charge in [-0.2, -0.15) is 18.3 Å². The third-order valence-corrected chi connectivity index (χ3v) is 3.00. The van der Waals surface area contributed by atoms with Gasteiger partial charge in [-0.3, -0.25) is 5.32 Å². The SMILES string of the molecule is O=C(Nc1cccc(C(F)(F)F)c1)Nc1cc(-n2cncn2)ncn1. The van der Waals surface area contributed by atoms with E-state index in [0.29, 0.717) is 5.82 Å². The van der Waals surface area contributed by atoms with Crippen molar-refractivity contribution in [2.45, 2.75) is 6.18 Å². The van der Waals surface area contributed by atoms with Gasteiger partial charge >= 0.3 is 12.2 Å². The number of nitrogens with zero attached hydrogens (tertiary/aromatic N) is 5. The van der Waals surface area contributed by atoms with Gasteiger partial charge in [0.25, 0.3) is 0 Å². The number of nitrogens with one attached hydrogen (secondary N) is 2. The van der Waals surface area contributed by atoms with Crippen LogP contribution in [0, 0.1) is 0 Å². The summed E-state index contributed by atoms with van der Waals surface area (Å²) in [6.07, 6.45) is -0.561. The summed E-state index contributed by atoms with van der Waals surface area (Å²) < 4.78 is 39.4. The fourth-order valence-electron chi connectivity index (χ4n) is 1.92. The Balaban J connectivity index is 1.70. The molecule has 0 bridgehead atoms. The van der Waals surface area contributed by atoms with Gasteiger partial charge in [-0.15, -0.1) is 0 Å². The van der Waals surface area contributed by atoms with Crippen molar-refractivity contribution in [1.29, 1.82) is 0 Å². The third kappa shape index (κ3) is 4.07. The molecule has 11 heteroatoms. The van der Waals surface area contributed by atoms with E-state index in [0.717, 1.165) is 12.1 Å². The van der Waals surface area contributed by atoms with E-state index in [-0.39, 0.29) is 11.5 Å². The van der Waals surface area contributed by atoms with Gasteiger partial charge in [-0.05, 0) is 18.2 Å². The van der Waals surface area contributed by atoms with E-state index in [1.165, 1.54) is 41.9 Å². The first kappa shape index (κ1) is 16.4. The number of hydrogen-bond donors (Lipinski definition) is 2. The molecule has 0 spiro atoms. The van der Waals surface area contributed by atoms with Crippen LogP contribution >= 0.6 is 0 Å². The topological polar surface area (TPSA) is 97.6 Å². The minimum absolute atomic E-state index is 0.00196. The zero-order valence-corrected chi connectivity index (χ0v) is 12.4. The van der Waals surface area contributed by atoms with Gasteiger partial charge in [0, 0.05) is 11.8 Å². The summed E-state index contributed by atoms with van der Waals surface area (Å²) in [5, 5.41) is 8.61. The number of aromatic nitrogens is 5. The van der Waals surface area contributed by atoms with E-state index < -0.39 is 17.8 Å². The molecule has 0 aliphatic carbocycles. The second-order valence-corrected chi connectivity index (χ2v) is 4.76. The third-order valence-electron chi connectivity index (χ3n) is 3.00. The predicted molar refractivity (Wildman–Crippen MR) is 81.0 cm³/mol. The smallest absolute Gasteiger partial charge is 0.308 e. The first-order valence-electron chi connectivity index (χ1n) is 6.84. The average molecular weight is 349 g/mol. The summed E-state index contributed by atoms with van der Waals surface area (Å²) in [4.78, 5) is 23.5. The van der Waals surface area contributed by atoms with Crippen LogP contribution in [0.3, 0.4) is 0 Å². The fourth-order valence-corrected chi connectivity index (χ4v) is 1.92. The zero-order valence-electron chi connectivity index (χ0n) is 12.4. The molecule has 2 amide bonds. The lowest BCUT2D eigenvalue weighted by molar-refractivity contribution is -0.137. The van der Waals surface area contributed by atoms with Crippen LogP contribution in [0.4, 0.5) is 29.5 Å². The molecule has 2 heterocycles. The molecule has 0 fully saturated rings. The Labute approximate surface area is 138 Å². The van der Waals surface area contributed by atoms with Gasteiger partial charge in [0.05, 0.1) is 5.56 Å². The number of hydrogen-bond acceptors (Lipinski definition) is 5. The highest BCUT2D eigenvalue weighted by Gasteiger charge is 2.30. The fraction of sp³-hybridized carbons (Fsp3) is 0.0714. The largest absolute Gasteiger partial charge is 0.416 e. The normalized spacial score (nSPS) is 11.2. The van der Waals surface area contributed by atoms with Crippen molar-refractivity contribution in [2.24, 2.45) is 0 Å². The van der Waals surface area contributed by atoms with Crippen molar-refractivity contribution < 1.29 is 18.0 Å². The van der Waals surface area contributed by atoms with Gasteiger partial charge < -0.3 is 5.32 Å². The zero-order chi connectivity index (χ0) is 17.9. The van der Waals surface area contributed by atoms with Crippen molar-refractivity contribution in [2.75, 3.05) is 10.6 Å². The maximum atomic E-state index is 12.7. The highest BCUT2D eigenvalue weighted by Crippen LogP contribution is 2.30. The van der Waals surface area contributed by atoms with Gasteiger partial charge in [-0.25, -0.2) is 24.4 Å². The Morgan fingerprint density at radius 2 is 1.92 bits per heavy atom. The van der Waals surface area contributed by atoms with Crippen molar-refractivity contribution >= 4 is 17.5 Å². The lowest BCUT2D eigenvalue weighted by Gasteiger charge is -2.10. The molecule has 0 unspecified atom stereocenters. The number of amides is 2. The van der Waals surface area contributed by atoms with Gasteiger partial charge in [0.15, 0.2) is 5.82 Å². The number of halogens is 3. The van der Waals surface area contributed by atoms with Crippen molar-refractivity contribution in [3.05, 3.63) is 54.9 Å². The molecule has 128 valence electrons. The van der Waals surface area contributed by atoms with Crippen LogP contribution in [0.5, 0.6) is 0 Å². The number of alkyl halides is 3. The molecule has 25 heavy (non-hydrogen) atoms. The lowest BCUT2D eigenvalue weighted by Crippen LogP contribution is -2.20. The summed E-state index contributed by atoms with van der Waals surface area (Å²) >= 11 is 0. The molecule has 3 rings (SSSR count). The quantitative estimate of drug-likeness (QED) is 0.758. The predicted octanol–water partition coefficient (Wildman–Crippen LogP) is 2.72. The minimum Gasteiger partial charge on any atom is -0.308 e. The second-order valence-electron chi connectivity index (χ2n) is 4.76. The Morgan fingerprint density at radius 3 is 2.64 bits per heavy atom. The first-order chi connectivity index (χ1) is 11.9. The van der Waals surface area contributed by atoms with Gasteiger partial charge in [0.2, 0.25) is 0 Å². The van der Waals surface area contributed by atoms with E-state index >= 15 is 0 Å². The summed E-state index contributed by atoms with van der Waals surface area (Å²) in [6, 6.07) is 4.97. The molecule has 0 aliphatic rings. The second kappa shape index (κ2) is 6.55. The summed E-state index contributed by atoms with van der Waals surface area (Å²) in [6.45, 7) is 0. The summed E-state index contributed by atoms with van der Waals surface area (Å²) in [5.74, 6) is 0.506. The van der Waals surface area contributed by atoms with Gasteiger partial charge in [0.1, 0.15) is 24.8 Å². The first-order valence-corrected chi connectivity index (χ1v) is 6.84. The molecule has 0 saturated carbocycles. The molecule has 8 nitrogen and oxygen atoms in total. The molecule has 0 radical (unpaired) electrons. The van der Waals surface area contributed by atoms with Gasteiger partial charge in [-0.1, -0.05) is 6.07 Å². The lowest BCUT2D eigenvalue weighted by atomic mass is 10.2. The molecule has 0 atom stereocenters. The Kier molecular flexibility index (Phi) is 4.29. The van der Waals surface area contributed by atoms with E-state index in [4.69, 9.17) is 0 Å². The minimum atomic E-state index is -4.49. The number of urea groups is 1. The van der Waals surface area contributed by atoms with Crippen molar-refractivity contribution in [3.8, 4) is 5.82 Å². The maximum Gasteiger partial charge on any atom is 0.416 e. The van der Waals surface area contributed by atoms with Crippen LogP contribution in [0.25, 0.3) is 5.82 Å². The number of carbonyl (C=O) groups is 1. The van der Waals surface area contributed by atoms with E-state index in [1.54, 1.807) is 0 Å². The van der Waals surface area contributed by atoms with Crippen molar-refractivity contribution in [1.82, 2.24) is 24.7 Å². The number of anilines is 2. The highest BCUT2D eigenvalue weighted by atomic mass is 19.4. The van der Waals surface area contributed by atoms with Crippen LogP contribution in [0.2, 0.25) is 0 Å². The van der Waals surface area contributed by atoms with Crippen LogP contribution in [-0.4, -0.2) is 30.8 Å². The molecule has 2 aromatic heterocycles. The number of rotatable bonds is 3.